The molecule has 0 aliphatic carbocycles. The zero-order valence-corrected chi connectivity index (χ0v) is 9.37. The molecule has 1 aromatic heterocycles. The first-order valence-corrected chi connectivity index (χ1v) is 5.21. The van der Waals surface area contributed by atoms with Gasteiger partial charge in [-0.15, -0.1) is 11.3 Å². The van der Waals surface area contributed by atoms with E-state index in [-0.39, 0.29) is 0 Å². The second kappa shape index (κ2) is 4.18. The first-order valence-electron chi connectivity index (χ1n) is 2.80. The standard InChI is InChI=1S/C7H4Br2OS/c8-6-4-5(2-1-3-10)11-7(6)9/h1-4H. The lowest BCUT2D eigenvalue weighted by Crippen LogP contribution is -1.58. The molecule has 0 atom stereocenters. The van der Waals surface area contributed by atoms with Crippen LogP contribution in [0.3, 0.4) is 0 Å². The van der Waals surface area contributed by atoms with Crippen molar-refractivity contribution in [3.05, 3.63) is 25.3 Å². The van der Waals surface area contributed by atoms with Gasteiger partial charge >= 0.3 is 0 Å². The highest BCUT2D eigenvalue weighted by molar-refractivity contribution is 9.13. The Bertz CT molecular complexity index is 271. The summed E-state index contributed by atoms with van der Waals surface area (Å²) in [6, 6.07) is 1.95. The Morgan fingerprint density at radius 2 is 2.18 bits per heavy atom. The van der Waals surface area contributed by atoms with Crippen molar-refractivity contribution in [1.82, 2.24) is 0 Å². The van der Waals surface area contributed by atoms with E-state index in [9.17, 15) is 4.79 Å². The predicted molar refractivity (Wildman–Crippen MR) is 54.8 cm³/mol. The van der Waals surface area contributed by atoms with E-state index in [1.54, 1.807) is 17.4 Å². The lowest BCUT2D eigenvalue weighted by Gasteiger charge is -1.76. The number of aldehydes is 1. The summed E-state index contributed by atoms with van der Waals surface area (Å²) in [6.45, 7) is 0. The van der Waals surface area contributed by atoms with Crippen molar-refractivity contribution in [1.29, 1.82) is 0 Å². The van der Waals surface area contributed by atoms with E-state index in [0.717, 1.165) is 19.4 Å². The number of carbonyl (C=O) groups excluding carboxylic acids is 1. The molecule has 0 saturated heterocycles. The minimum Gasteiger partial charge on any atom is -0.299 e. The van der Waals surface area contributed by atoms with Gasteiger partial charge in [-0.05, 0) is 50.1 Å². The van der Waals surface area contributed by atoms with E-state index in [4.69, 9.17) is 0 Å². The SMILES string of the molecule is O=CC=Cc1cc(Br)c(Br)s1. The molecule has 4 heteroatoms. The van der Waals surface area contributed by atoms with Crippen LogP contribution in [0.2, 0.25) is 0 Å². The highest BCUT2D eigenvalue weighted by Gasteiger charge is 1.99. The summed E-state index contributed by atoms with van der Waals surface area (Å²) < 4.78 is 2.07. The van der Waals surface area contributed by atoms with Gasteiger partial charge in [0.2, 0.25) is 0 Å². The molecule has 0 radical (unpaired) electrons. The highest BCUT2D eigenvalue weighted by atomic mass is 79.9. The molecular weight excluding hydrogens is 292 g/mol. The van der Waals surface area contributed by atoms with Gasteiger partial charge in [-0.3, -0.25) is 4.79 Å². The largest absolute Gasteiger partial charge is 0.299 e. The van der Waals surface area contributed by atoms with E-state index in [0.29, 0.717) is 0 Å². The maximum absolute atomic E-state index is 9.96. The van der Waals surface area contributed by atoms with Gasteiger partial charge in [-0.25, -0.2) is 0 Å². The van der Waals surface area contributed by atoms with Crippen molar-refractivity contribution < 1.29 is 4.79 Å². The second-order valence-electron chi connectivity index (χ2n) is 1.77. The van der Waals surface area contributed by atoms with Gasteiger partial charge < -0.3 is 0 Å². The Balaban J connectivity index is 2.88. The molecule has 1 rings (SSSR count). The normalized spacial score (nSPS) is 10.7. The van der Waals surface area contributed by atoms with E-state index < -0.39 is 0 Å². The van der Waals surface area contributed by atoms with Gasteiger partial charge in [-0.2, -0.15) is 0 Å². The molecular formula is C7H4Br2OS. The van der Waals surface area contributed by atoms with Crippen LogP contribution in [-0.4, -0.2) is 6.29 Å². The molecule has 0 amide bonds. The van der Waals surface area contributed by atoms with Gasteiger partial charge in [0.1, 0.15) is 6.29 Å². The lowest BCUT2D eigenvalue weighted by molar-refractivity contribution is -0.104. The molecule has 0 spiro atoms. The molecule has 0 aliphatic heterocycles. The zero-order chi connectivity index (χ0) is 8.27. The second-order valence-corrected chi connectivity index (χ2v) is 5.02. The maximum Gasteiger partial charge on any atom is 0.142 e. The molecule has 1 nitrogen and oxygen atoms in total. The van der Waals surface area contributed by atoms with Crippen molar-refractivity contribution in [3.63, 3.8) is 0 Å². The number of rotatable bonds is 2. The van der Waals surface area contributed by atoms with Crippen LogP contribution in [-0.2, 0) is 4.79 Å². The van der Waals surface area contributed by atoms with Crippen LogP contribution in [0.25, 0.3) is 6.08 Å². The summed E-state index contributed by atoms with van der Waals surface area (Å²) in [4.78, 5) is 11.0. The number of allylic oxidation sites excluding steroid dienone is 1. The quantitative estimate of drug-likeness (QED) is 0.603. The Kier molecular flexibility index (Phi) is 3.48. The van der Waals surface area contributed by atoms with Crippen LogP contribution < -0.4 is 0 Å². The first kappa shape index (κ1) is 9.16. The van der Waals surface area contributed by atoms with E-state index >= 15 is 0 Å². The lowest BCUT2D eigenvalue weighted by atomic mass is 10.4. The fraction of sp³-hybridized carbons (Fsp3) is 0. The van der Waals surface area contributed by atoms with E-state index in [1.807, 2.05) is 6.07 Å². The van der Waals surface area contributed by atoms with Crippen molar-refractivity contribution >= 4 is 55.6 Å². The fourth-order valence-corrected chi connectivity index (χ4v) is 2.58. The monoisotopic (exact) mass is 294 g/mol. The van der Waals surface area contributed by atoms with Crippen molar-refractivity contribution in [2.45, 2.75) is 0 Å². The van der Waals surface area contributed by atoms with Gasteiger partial charge in [0.15, 0.2) is 0 Å². The average Bonchev–Trinajstić information content (AvgIpc) is 2.28. The molecule has 0 N–H and O–H groups in total. The summed E-state index contributed by atoms with van der Waals surface area (Å²) in [6.07, 6.45) is 4.01. The summed E-state index contributed by atoms with van der Waals surface area (Å²) in [7, 11) is 0. The Labute approximate surface area is 85.4 Å². The van der Waals surface area contributed by atoms with Crippen molar-refractivity contribution in [2.24, 2.45) is 0 Å². The Morgan fingerprint density at radius 1 is 1.45 bits per heavy atom. The summed E-state index contributed by atoms with van der Waals surface area (Å²) in [5.41, 5.74) is 0. The summed E-state index contributed by atoms with van der Waals surface area (Å²) in [5.74, 6) is 0. The third kappa shape index (κ3) is 2.54. The third-order valence-corrected chi connectivity index (χ3v) is 4.22. The fourth-order valence-electron chi connectivity index (χ4n) is 0.580. The molecule has 1 heterocycles. The van der Waals surface area contributed by atoms with Crippen molar-refractivity contribution in [3.8, 4) is 0 Å². The van der Waals surface area contributed by atoms with E-state index in [1.165, 1.54) is 6.08 Å². The molecule has 58 valence electrons. The van der Waals surface area contributed by atoms with E-state index in [2.05, 4.69) is 31.9 Å². The summed E-state index contributed by atoms with van der Waals surface area (Å²) in [5, 5.41) is 0. The minimum atomic E-state index is 0.765. The van der Waals surface area contributed by atoms with Gasteiger partial charge in [0, 0.05) is 9.35 Å². The van der Waals surface area contributed by atoms with Crippen LogP contribution in [0.15, 0.2) is 20.4 Å². The van der Waals surface area contributed by atoms with Gasteiger partial charge in [0.05, 0.1) is 3.79 Å². The molecule has 0 fully saturated rings. The maximum atomic E-state index is 9.96. The van der Waals surface area contributed by atoms with Gasteiger partial charge in [0.25, 0.3) is 0 Å². The molecule has 0 unspecified atom stereocenters. The third-order valence-electron chi connectivity index (χ3n) is 1.00. The van der Waals surface area contributed by atoms with Gasteiger partial charge in [-0.1, -0.05) is 0 Å². The molecule has 0 aromatic carbocycles. The molecule has 0 saturated carbocycles. The number of carbonyl (C=O) groups is 1. The molecule has 11 heavy (non-hydrogen) atoms. The average molecular weight is 296 g/mol. The van der Waals surface area contributed by atoms with Crippen LogP contribution in [0.4, 0.5) is 0 Å². The van der Waals surface area contributed by atoms with Crippen LogP contribution in [0.5, 0.6) is 0 Å². The van der Waals surface area contributed by atoms with Crippen LogP contribution in [0, 0.1) is 0 Å². The van der Waals surface area contributed by atoms with Crippen molar-refractivity contribution in [2.75, 3.05) is 0 Å². The van der Waals surface area contributed by atoms with Crippen LogP contribution in [0.1, 0.15) is 4.88 Å². The number of hydrogen-bond donors (Lipinski definition) is 0. The number of halogens is 2. The smallest absolute Gasteiger partial charge is 0.142 e. The number of thiophene rings is 1. The predicted octanol–water partition coefficient (Wildman–Crippen LogP) is 3.49. The summed E-state index contributed by atoms with van der Waals surface area (Å²) >= 11 is 8.29. The Morgan fingerprint density at radius 3 is 2.64 bits per heavy atom. The zero-order valence-electron chi connectivity index (χ0n) is 5.38. The Hall–Kier alpha value is 0.0700. The first-order chi connectivity index (χ1) is 5.24. The molecule has 0 aliphatic rings. The highest BCUT2D eigenvalue weighted by Crippen LogP contribution is 2.32. The molecule has 1 aromatic rings. The van der Waals surface area contributed by atoms with Crippen LogP contribution >= 0.6 is 43.2 Å². The molecule has 0 bridgehead atoms. The topological polar surface area (TPSA) is 17.1 Å². The number of hydrogen-bond acceptors (Lipinski definition) is 2. The minimum absolute atomic E-state index is 0.765.